The SMILES string of the molecule is Cc1c(N=Nc2c(O)c(S(=O)(=O)O)cc3cc(S(=O)(=O)O)ccc23)c(=O)n(-c2ccccc2)n1C. The highest BCUT2D eigenvalue weighted by Gasteiger charge is 2.23. The zero-order chi connectivity index (χ0) is 25.7. The van der Waals surface area contributed by atoms with Gasteiger partial charge in [0.15, 0.2) is 11.4 Å². The summed E-state index contributed by atoms with van der Waals surface area (Å²) in [4.78, 5) is 11.5. The van der Waals surface area contributed by atoms with E-state index in [1.54, 1.807) is 44.3 Å². The van der Waals surface area contributed by atoms with Crippen molar-refractivity contribution in [3.05, 3.63) is 70.6 Å². The van der Waals surface area contributed by atoms with Gasteiger partial charge in [0.2, 0.25) is 0 Å². The molecule has 0 saturated heterocycles. The Morgan fingerprint density at radius 2 is 1.49 bits per heavy atom. The predicted molar refractivity (Wildman–Crippen MR) is 125 cm³/mol. The van der Waals surface area contributed by atoms with Crippen LogP contribution in [0.25, 0.3) is 16.5 Å². The van der Waals surface area contributed by atoms with Crippen molar-refractivity contribution in [3.63, 3.8) is 0 Å². The quantitative estimate of drug-likeness (QED) is 0.266. The molecule has 0 atom stereocenters. The van der Waals surface area contributed by atoms with Crippen LogP contribution in [0.3, 0.4) is 0 Å². The summed E-state index contributed by atoms with van der Waals surface area (Å²) >= 11 is 0. The average Bonchev–Trinajstić information content (AvgIpc) is 2.99. The van der Waals surface area contributed by atoms with E-state index in [4.69, 9.17) is 0 Å². The molecule has 0 amide bonds. The van der Waals surface area contributed by atoms with Gasteiger partial charge in [-0.1, -0.05) is 24.3 Å². The van der Waals surface area contributed by atoms with E-state index in [1.165, 1.54) is 15.4 Å². The molecule has 0 aliphatic heterocycles. The van der Waals surface area contributed by atoms with Crippen LogP contribution in [0.15, 0.2) is 79.4 Å². The maximum absolute atomic E-state index is 13.1. The fourth-order valence-electron chi connectivity index (χ4n) is 3.56. The van der Waals surface area contributed by atoms with E-state index >= 15 is 0 Å². The Bertz CT molecular complexity index is 1790. The van der Waals surface area contributed by atoms with E-state index in [9.17, 15) is 35.8 Å². The monoisotopic (exact) mass is 518 g/mol. The van der Waals surface area contributed by atoms with Gasteiger partial charge in [-0.2, -0.15) is 16.8 Å². The molecule has 0 aliphatic carbocycles. The largest absolute Gasteiger partial charge is 0.504 e. The van der Waals surface area contributed by atoms with Crippen molar-refractivity contribution < 1.29 is 31.0 Å². The minimum atomic E-state index is -4.97. The summed E-state index contributed by atoms with van der Waals surface area (Å²) in [6.07, 6.45) is 0. The van der Waals surface area contributed by atoms with Gasteiger partial charge in [0.25, 0.3) is 25.8 Å². The standard InChI is InChI=1S/C21H18N4O8S2/c1-12-18(21(27)25(24(12)2)14-6-4-3-5-7-14)22-23-19-16-9-8-15(34(28,29)30)10-13(16)11-17(20(19)26)35(31,32)33/h3-11,26H,1-2H3,(H,28,29,30)(H,31,32,33). The molecule has 0 bridgehead atoms. The molecule has 0 radical (unpaired) electrons. The van der Waals surface area contributed by atoms with Crippen molar-refractivity contribution in [2.24, 2.45) is 17.3 Å². The molecule has 0 unspecified atom stereocenters. The fraction of sp³-hybridized carbons (Fsp3) is 0.0952. The van der Waals surface area contributed by atoms with Gasteiger partial charge in [-0.15, -0.1) is 10.2 Å². The highest BCUT2D eigenvalue weighted by Crippen LogP contribution is 2.42. The van der Waals surface area contributed by atoms with Crippen LogP contribution in [0.4, 0.5) is 11.4 Å². The van der Waals surface area contributed by atoms with E-state index in [-0.39, 0.29) is 16.5 Å². The van der Waals surface area contributed by atoms with Crippen molar-refractivity contribution in [2.45, 2.75) is 16.7 Å². The molecule has 0 aliphatic rings. The van der Waals surface area contributed by atoms with Gasteiger partial charge in [0, 0.05) is 12.4 Å². The first-order valence-corrected chi connectivity index (χ1v) is 12.7. The number of aromatic hydroxyl groups is 1. The molecule has 3 aromatic carbocycles. The lowest BCUT2D eigenvalue weighted by atomic mass is 10.1. The molecule has 3 N–H and O–H groups in total. The first kappa shape index (κ1) is 24.3. The van der Waals surface area contributed by atoms with Crippen LogP contribution in [0.2, 0.25) is 0 Å². The first-order valence-electron chi connectivity index (χ1n) is 9.81. The van der Waals surface area contributed by atoms with Crippen LogP contribution in [0.1, 0.15) is 5.69 Å². The third kappa shape index (κ3) is 4.35. The number of azo groups is 1. The number of hydrogen-bond acceptors (Lipinski definition) is 8. The van der Waals surface area contributed by atoms with Gasteiger partial charge in [-0.3, -0.25) is 18.6 Å². The van der Waals surface area contributed by atoms with E-state index < -0.39 is 47.0 Å². The number of nitrogens with zero attached hydrogens (tertiary/aromatic N) is 4. The fourth-order valence-corrected chi connectivity index (χ4v) is 4.69. The van der Waals surface area contributed by atoms with Gasteiger partial charge in [-0.05, 0) is 42.6 Å². The maximum atomic E-state index is 13.1. The van der Waals surface area contributed by atoms with Gasteiger partial charge in [0.05, 0.1) is 16.3 Å². The molecule has 12 nitrogen and oxygen atoms in total. The van der Waals surface area contributed by atoms with E-state index in [1.807, 2.05) is 0 Å². The Morgan fingerprint density at radius 3 is 2.09 bits per heavy atom. The van der Waals surface area contributed by atoms with E-state index in [0.29, 0.717) is 11.4 Å². The number of phenolic OH excluding ortho intramolecular Hbond substituents is 1. The van der Waals surface area contributed by atoms with Crippen molar-refractivity contribution >= 4 is 42.4 Å². The van der Waals surface area contributed by atoms with Crippen LogP contribution in [0, 0.1) is 6.92 Å². The number of hydrogen-bond donors (Lipinski definition) is 3. The Morgan fingerprint density at radius 1 is 0.857 bits per heavy atom. The average molecular weight is 519 g/mol. The zero-order valence-electron chi connectivity index (χ0n) is 18.2. The molecule has 1 heterocycles. The first-order chi connectivity index (χ1) is 16.3. The smallest absolute Gasteiger partial charge is 0.299 e. The topological polar surface area (TPSA) is 181 Å². The lowest BCUT2D eigenvalue weighted by Gasteiger charge is -2.09. The third-order valence-electron chi connectivity index (χ3n) is 5.37. The van der Waals surface area contributed by atoms with Crippen LogP contribution < -0.4 is 5.56 Å². The lowest BCUT2D eigenvalue weighted by Crippen LogP contribution is -2.19. The van der Waals surface area contributed by atoms with Crippen LogP contribution >= 0.6 is 0 Å². The Hall–Kier alpha value is -3.85. The summed E-state index contributed by atoms with van der Waals surface area (Å²) in [6.45, 7) is 1.61. The van der Waals surface area contributed by atoms with Gasteiger partial charge in [-0.25, -0.2) is 4.68 Å². The Balaban J connectivity index is 1.97. The summed E-state index contributed by atoms with van der Waals surface area (Å²) in [5.41, 5.74) is -0.111. The predicted octanol–water partition coefficient (Wildman–Crippen LogP) is 3.25. The zero-order valence-corrected chi connectivity index (χ0v) is 19.8. The molecule has 35 heavy (non-hydrogen) atoms. The minimum absolute atomic E-state index is 0.0445. The summed E-state index contributed by atoms with van der Waals surface area (Å²) in [5, 5.41) is 18.4. The van der Waals surface area contributed by atoms with Crippen molar-refractivity contribution in [1.82, 2.24) is 9.36 Å². The number of fused-ring (bicyclic) bond motifs is 1. The number of para-hydroxylation sites is 1. The number of benzene rings is 3. The maximum Gasteiger partial charge on any atom is 0.299 e. The summed E-state index contributed by atoms with van der Waals surface area (Å²) in [6, 6.07) is 12.6. The summed E-state index contributed by atoms with van der Waals surface area (Å²) in [5.74, 6) is -0.958. The van der Waals surface area contributed by atoms with Crippen LogP contribution in [-0.2, 0) is 27.3 Å². The molecule has 4 rings (SSSR count). The van der Waals surface area contributed by atoms with Crippen molar-refractivity contribution in [1.29, 1.82) is 0 Å². The van der Waals surface area contributed by atoms with Gasteiger partial charge in [0.1, 0.15) is 10.6 Å². The Labute approximate surface area is 198 Å². The second-order valence-corrected chi connectivity index (χ2v) is 10.3. The lowest BCUT2D eigenvalue weighted by molar-refractivity contribution is 0.445. The highest BCUT2D eigenvalue weighted by molar-refractivity contribution is 7.86. The van der Waals surface area contributed by atoms with Gasteiger partial charge < -0.3 is 5.11 Å². The number of aromatic nitrogens is 2. The molecule has 0 saturated carbocycles. The second-order valence-electron chi connectivity index (χ2n) is 7.52. The van der Waals surface area contributed by atoms with E-state index in [0.717, 1.165) is 18.2 Å². The van der Waals surface area contributed by atoms with Crippen molar-refractivity contribution in [3.8, 4) is 11.4 Å². The molecule has 1 aromatic heterocycles. The molecule has 0 fully saturated rings. The minimum Gasteiger partial charge on any atom is -0.504 e. The highest BCUT2D eigenvalue weighted by atomic mass is 32.2. The number of rotatable bonds is 5. The van der Waals surface area contributed by atoms with E-state index in [2.05, 4.69) is 10.2 Å². The molecule has 4 aromatic rings. The second kappa shape index (κ2) is 8.42. The normalized spacial score (nSPS) is 12.6. The molecular formula is C21H18N4O8S2. The Kier molecular flexibility index (Phi) is 5.84. The van der Waals surface area contributed by atoms with Crippen molar-refractivity contribution in [2.75, 3.05) is 0 Å². The molecular weight excluding hydrogens is 500 g/mol. The van der Waals surface area contributed by atoms with Crippen LogP contribution in [-0.4, -0.2) is 40.4 Å². The number of phenols is 1. The van der Waals surface area contributed by atoms with Crippen LogP contribution in [0.5, 0.6) is 5.75 Å². The summed E-state index contributed by atoms with van der Waals surface area (Å²) < 4.78 is 68.4. The molecule has 0 spiro atoms. The molecule has 14 heteroatoms. The van der Waals surface area contributed by atoms with Gasteiger partial charge >= 0.3 is 0 Å². The molecule has 182 valence electrons. The third-order valence-corrected chi connectivity index (χ3v) is 7.09. The summed E-state index contributed by atoms with van der Waals surface area (Å²) in [7, 11) is -7.97.